The van der Waals surface area contributed by atoms with Gasteiger partial charge in [-0.25, -0.2) is 0 Å². The fourth-order valence-electron chi connectivity index (χ4n) is 1.66. The van der Waals surface area contributed by atoms with Gasteiger partial charge in [0.2, 0.25) is 0 Å². The summed E-state index contributed by atoms with van der Waals surface area (Å²) in [5.41, 5.74) is -0.623. The molecule has 0 atom stereocenters. The molecule has 0 saturated heterocycles. The van der Waals surface area contributed by atoms with Gasteiger partial charge in [0.15, 0.2) is 0 Å². The van der Waals surface area contributed by atoms with Crippen LogP contribution in [0.3, 0.4) is 0 Å². The van der Waals surface area contributed by atoms with E-state index in [0.29, 0.717) is 12.4 Å². The van der Waals surface area contributed by atoms with Crippen molar-refractivity contribution in [1.82, 2.24) is 0 Å². The normalized spacial score (nSPS) is 17.7. The van der Waals surface area contributed by atoms with Crippen molar-refractivity contribution >= 4 is 15.9 Å². The highest BCUT2D eigenvalue weighted by molar-refractivity contribution is 9.10. The summed E-state index contributed by atoms with van der Waals surface area (Å²) in [6, 6.07) is 5.54. The Morgan fingerprint density at radius 3 is 2.75 bits per heavy atom. The summed E-state index contributed by atoms with van der Waals surface area (Å²) in [5.74, 6) is 1.46. The number of hydrogen-bond donors (Lipinski definition) is 1. The van der Waals surface area contributed by atoms with Crippen molar-refractivity contribution in [2.24, 2.45) is 0 Å². The molecule has 88 valence electrons. The Kier molecular flexibility index (Phi) is 3.40. The smallest absolute Gasteiger partial charge is 0.137 e. The molecular formula is C12H15BrO3. The predicted molar refractivity (Wildman–Crippen MR) is 65.0 cm³/mol. The zero-order chi connectivity index (χ0) is 11.6. The van der Waals surface area contributed by atoms with Crippen LogP contribution in [0, 0.1) is 0 Å². The summed E-state index contributed by atoms with van der Waals surface area (Å²) >= 11 is 3.41. The first-order valence-electron chi connectivity index (χ1n) is 5.32. The van der Waals surface area contributed by atoms with E-state index in [1.54, 1.807) is 7.11 Å². The van der Waals surface area contributed by atoms with Crippen molar-refractivity contribution in [2.75, 3.05) is 13.7 Å². The molecule has 1 aromatic carbocycles. The van der Waals surface area contributed by atoms with Gasteiger partial charge in [-0.15, -0.1) is 0 Å². The van der Waals surface area contributed by atoms with Crippen LogP contribution >= 0.6 is 15.9 Å². The van der Waals surface area contributed by atoms with E-state index < -0.39 is 5.60 Å². The molecule has 1 aliphatic rings. The highest BCUT2D eigenvalue weighted by Gasteiger charge is 2.35. The lowest BCUT2D eigenvalue weighted by atomic mass is 9.81. The molecule has 0 heterocycles. The predicted octanol–water partition coefficient (Wildman–Crippen LogP) is 2.75. The van der Waals surface area contributed by atoms with E-state index in [1.807, 2.05) is 18.2 Å². The quantitative estimate of drug-likeness (QED) is 0.925. The van der Waals surface area contributed by atoms with E-state index in [0.717, 1.165) is 29.5 Å². The first-order chi connectivity index (χ1) is 7.63. The van der Waals surface area contributed by atoms with Crippen LogP contribution in [0.2, 0.25) is 0 Å². The van der Waals surface area contributed by atoms with Crippen molar-refractivity contribution in [1.29, 1.82) is 0 Å². The lowest BCUT2D eigenvalue weighted by molar-refractivity contribution is -0.0665. The van der Waals surface area contributed by atoms with Gasteiger partial charge in [-0.1, -0.05) is 0 Å². The van der Waals surface area contributed by atoms with Crippen LogP contribution in [0.1, 0.15) is 19.3 Å². The first kappa shape index (κ1) is 11.7. The molecule has 1 aromatic rings. The van der Waals surface area contributed by atoms with Gasteiger partial charge in [0.25, 0.3) is 0 Å². The minimum absolute atomic E-state index is 0.346. The summed E-state index contributed by atoms with van der Waals surface area (Å²) in [4.78, 5) is 0. The minimum Gasteiger partial charge on any atom is -0.497 e. The molecule has 0 aromatic heterocycles. The maximum Gasteiger partial charge on any atom is 0.137 e. The van der Waals surface area contributed by atoms with Crippen LogP contribution in [0.25, 0.3) is 0 Å². The molecule has 0 aliphatic heterocycles. The molecular weight excluding hydrogens is 272 g/mol. The van der Waals surface area contributed by atoms with Gasteiger partial charge in [-0.05, 0) is 47.3 Å². The third-order valence-corrected chi connectivity index (χ3v) is 3.57. The monoisotopic (exact) mass is 286 g/mol. The SMILES string of the molecule is COc1ccc(Br)c(OCC2(O)CCC2)c1. The van der Waals surface area contributed by atoms with Gasteiger partial charge in [0.05, 0.1) is 17.2 Å². The molecule has 0 bridgehead atoms. The molecule has 16 heavy (non-hydrogen) atoms. The molecule has 2 rings (SSSR count). The van der Waals surface area contributed by atoms with E-state index in [2.05, 4.69) is 15.9 Å². The van der Waals surface area contributed by atoms with E-state index >= 15 is 0 Å². The number of benzene rings is 1. The number of methoxy groups -OCH3 is 1. The average molecular weight is 287 g/mol. The lowest BCUT2D eigenvalue weighted by Crippen LogP contribution is -2.42. The molecule has 0 amide bonds. The number of hydrogen-bond acceptors (Lipinski definition) is 3. The summed E-state index contributed by atoms with van der Waals surface area (Å²) in [7, 11) is 1.62. The van der Waals surface area contributed by atoms with Crippen molar-refractivity contribution < 1.29 is 14.6 Å². The molecule has 3 nitrogen and oxygen atoms in total. The van der Waals surface area contributed by atoms with Crippen LogP contribution in [0.4, 0.5) is 0 Å². The molecule has 0 spiro atoms. The van der Waals surface area contributed by atoms with Crippen molar-refractivity contribution in [3.8, 4) is 11.5 Å². The molecule has 0 unspecified atom stereocenters. The number of halogens is 1. The Hall–Kier alpha value is -0.740. The zero-order valence-corrected chi connectivity index (χ0v) is 10.8. The fraction of sp³-hybridized carbons (Fsp3) is 0.500. The second kappa shape index (κ2) is 4.63. The molecule has 1 aliphatic carbocycles. The highest BCUT2D eigenvalue weighted by Crippen LogP contribution is 2.34. The second-order valence-electron chi connectivity index (χ2n) is 4.16. The Labute approximate surface area is 104 Å². The molecule has 1 saturated carbocycles. The topological polar surface area (TPSA) is 38.7 Å². The summed E-state index contributed by atoms with van der Waals surface area (Å²) in [5, 5.41) is 9.92. The summed E-state index contributed by atoms with van der Waals surface area (Å²) in [6.07, 6.45) is 2.74. The largest absolute Gasteiger partial charge is 0.497 e. The lowest BCUT2D eigenvalue weighted by Gasteiger charge is -2.36. The highest BCUT2D eigenvalue weighted by atomic mass is 79.9. The molecule has 1 fully saturated rings. The van der Waals surface area contributed by atoms with Crippen molar-refractivity contribution in [2.45, 2.75) is 24.9 Å². The van der Waals surface area contributed by atoms with Gasteiger partial charge < -0.3 is 14.6 Å². The standard InChI is InChI=1S/C12H15BrO3/c1-15-9-3-4-10(13)11(7-9)16-8-12(14)5-2-6-12/h3-4,7,14H,2,5-6,8H2,1H3. The Morgan fingerprint density at radius 2 is 2.19 bits per heavy atom. The van der Waals surface area contributed by atoms with Gasteiger partial charge >= 0.3 is 0 Å². The van der Waals surface area contributed by atoms with Crippen LogP contribution in [0.15, 0.2) is 22.7 Å². The summed E-state index contributed by atoms with van der Waals surface area (Å²) in [6.45, 7) is 0.346. The van der Waals surface area contributed by atoms with Crippen LogP contribution in [0.5, 0.6) is 11.5 Å². The van der Waals surface area contributed by atoms with E-state index in [4.69, 9.17) is 9.47 Å². The van der Waals surface area contributed by atoms with E-state index in [-0.39, 0.29) is 0 Å². The molecule has 4 heteroatoms. The first-order valence-corrected chi connectivity index (χ1v) is 6.11. The van der Waals surface area contributed by atoms with Gasteiger partial charge in [0.1, 0.15) is 18.1 Å². The molecule has 0 radical (unpaired) electrons. The third-order valence-electron chi connectivity index (χ3n) is 2.92. The molecule has 1 N–H and O–H groups in total. The fourth-order valence-corrected chi connectivity index (χ4v) is 2.02. The average Bonchev–Trinajstić information content (AvgIpc) is 2.25. The second-order valence-corrected chi connectivity index (χ2v) is 5.02. The summed E-state index contributed by atoms with van der Waals surface area (Å²) < 4.78 is 11.6. The minimum atomic E-state index is -0.623. The van der Waals surface area contributed by atoms with Crippen LogP contribution in [-0.2, 0) is 0 Å². The van der Waals surface area contributed by atoms with Crippen LogP contribution in [-0.4, -0.2) is 24.4 Å². The van der Waals surface area contributed by atoms with Crippen molar-refractivity contribution in [3.63, 3.8) is 0 Å². The number of ether oxygens (including phenoxy) is 2. The Bertz CT molecular complexity index is 375. The Morgan fingerprint density at radius 1 is 1.44 bits per heavy atom. The number of rotatable bonds is 4. The van der Waals surface area contributed by atoms with Gasteiger partial charge in [-0.3, -0.25) is 0 Å². The van der Waals surface area contributed by atoms with Crippen LogP contribution < -0.4 is 9.47 Å². The third kappa shape index (κ3) is 2.50. The van der Waals surface area contributed by atoms with Gasteiger partial charge in [0, 0.05) is 6.07 Å². The van der Waals surface area contributed by atoms with Crippen molar-refractivity contribution in [3.05, 3.63) is 22.7 Å². The maximum absolute atomic E-state index is 9.92. The maximum atomic E-state index is 9.92. The Balaban J connectivity index is 2.02. The zero-order valence-electron chi connectivity index (χ0n) is 9.20. The number of aliphatic hydroxyl groups is 1. The van der Waals surface area contributed by atoms with E-state index in [9.17, 15) is 5.11 Å². The van der Waals surface area contributed by atoms with Gasteiger partial charge in [-0.2, -0.15) is 0 Å². The van der Waals surface area contributed by atoms with E-state index in [1.165, 1.54) is 0 Å².